The van der Waals surface area contributed by atoms with Crippen molar-refractivity contribution in [3.05, 3.63) is 35.9 Å². The molecule has 0 heterocycles. The SMILES string of the molecule is NC(=O)CCC(N)C(=O)NC(Cc1ccccc1)C(=O)NC(CCC(=O)O)C(=O)NCC(=O)O. The number of carboxylic acid groups (broad SMARTS) is 2. The molecule has 0 aliphatic carbocycles. The summed E-state index contributed by atoms with van der Waals surface area (Å²) in [7, 11) is 0. The lowest BCUT2D eigenvalue weighted by molar-refractivity contribution is -0.140. The number of benzene rings is 1. The van der Waals surface area contributed by atoms with Gasteiger partial charge in [0.05, 0.1) is 6.04 Å². The van der Waals surface area contributed by atoms with Gasteiger partial charge in [-0.25, -0.2) is 0 Å². The zero-order valence-corrected chi connectivity index (χ0v) is 18.4. The van der Waals surface area contributed by atoms with Crippen LogP contribution >= 0.6 is 0 Å². The number of aliphatic carboxylic acids is 2. The molecular formula is C21H29N5O8. The molecule has 0 fully saturated rings. The fourth-order valence-electron chi connectivity index (χ4n) is 2.86. The number of hydrogen-bond acceptors (Lipinski definition) is 7. The Labute approximate surface area is 195 Å². The highest BCUT2D eigenvalue weighted by molar-refractivity contribution is 5.94. The fourth-order valence-corrected chi connectivity index (χ4v) is 2.86. The lowest BCUT2D eigenvalue weighted by atomic mass is 10.0. The highest BCUT2D eigenvalue weighted by atomic mass is 16.4. The summed E-state index contributed by atoms with van der Waals surface area (Å²) >= 11 is 0. The standard InChI is InChI=1S/C21H29N5O8/c22-13(6-8-16(23)27)19(32)26-15(10-12-4-2-1-3-5-12)21(34)25-14(7-9-17(28)29)20(33)24-11-18(30)31/h1-5,13-15H,6-11,22H2,(H2,23,27)(H,24,33)(H,25,34)(H,26,32)(H,28,29)(H,30,31). The normalized spacial score (nSPS) is 13.1. The highest BCUT2D eigenvalue weighted by Crippen LogP contribution is 2.07. The quantitative estimate of drug-likeness (QED) is 0.145. The zero-order valence-electron chi connectivity index (χ0n) is 18.4. The van der Waals surface area contributed by atoms with Gasteiger partial charge in [-0.05, 0) is 18.4 Å². The van der Waals surface area contributed by atoms with Crippen LogP contribution in [0.3, 0.4) is 0 Å². The number of nitrogens with one attached hydrogen (secondary N) is 3. The van der Waals surface area contributed by atoms with E-state index in [9.17, 15) is 28.8 Å². The summed E-state index contributed by atoms with van der Waals surface area (Å²) in [5.74, 6) is -5.61. The van der Waals surface area contributed by atoms with Gasteiger partial charge in [-0.3, -0.25) is 28.8 Å². The minimum Gasteiger partial charge on any atom is -0.481 e. The average Bonchev–Trinajstić information content (AvgIpc) is 2.78. The summed E-state index contributed by atoms with van der Waals surface area (Å²) in [6.07, 6.45) is -0.941. The first-order chi connectivity index (χ1) is 16.0. The summed E-state index contributed by atoms with van der Waals surface area (Å²) < 4.78 is 0. The maximum absolute atomic E-state index is 13.0. The third kappa shape index (κ3) is 11.0. The molecule has 4 amide bonds. The molecule has 13 nitrogen and oxygen atoms in total. The topological polar surface area (TPSA) is 231 Å². The zero-order chi connectivity index (χ0) is 25.7. The number of nitrogens with two attached hydrogens (primary N) is 2. The minimum absolute atomic E-state index is 0.0172. The smallest absolute Gasteiger partial charge is 0.322 e. The van der Waals surface area contributed by atoms with Gasteiger partial charge in [-0.1, -0.05) is 30.3 Å². The van der Waals surface area contributed by atoms with Crippen molar-refractivity contribution in [2.24, 2.45) is 11.5 Å². The predicted octanol–water partition coefficient (Wildman–Crippen LogP) is -2.14. The Bertz CT molecular complexity index is 892. The number of carboxylic acids is 2. The molecule has 0 saturated heterocycles. The summed E-state index contributed by atoms with van der Waals surface area (Å²) in [6, 6.07) is 4.93. The Balaban J connectivity index is 3.01. The van der Waals surface area contributed by atoms with E-state index in [0.29, 0.717) is 5.56 Å². The van der Waals surface area contributed by atoms with Crippen LogP contribution in [0.15, 0.2) is 30.3 Å². The van der Waals surface area contributed by atoms with Crippen LogP contribution in [0.25, 0.3) is 0 Å². The molecule has 0 aromatic heterocycles. The van der Waals surface area contributed by atoms with Gasteiger partial charge < -0.3 is 37.6 Å². The van der Waals surface area contributed by atoms with Crippen molar-refractivity contribution >= 4 is 35.6 Å². The number of hydrogen-bond donors (Lipinski definition) is 7. The first-order valence-corrected chi connectivity index (χ1v) is 10.4. The maximum Gasteiger partial charge on any atom is 0.322 e. The minimum atomic E-state index is -1.36. The van der Waals surface area contributed by atoms with Crippen LogP contribution in [0.4, 0.5) is 0 Å². The third-order valence-electron chi connectivity index (χ3n) is 4.65. The largest absolute Gasteiger partial charge is 0.481 e. The van der Waals surface area contributed by atoms with E-state index in [0.717, 1.165) is 0 Å². The Morgan fingerprint density at radius 1 is 0.794 bits per heavy atom. The Morgan fingerprint density at radius 2 is 1.41 bits per heavy atom. The number of rotatable bonds is 15. The van der Waals surface area contributed by atoms with Crippen LogP contribution in [0, 0.1) is 0 Å². The van der Waals surface area contributed by atoms with Gasteiger partial charge in [0.25, 0.3) is 0 Å². The van der Waals surface area contributed by atoms with Crippen molar-refractivity contribution in [3.8, 4) is 0 Å². The maximum atomic E-state index is 13.0. The summed E-state index contributed by atoms with van der Waals surface area (Å²) in [4.78, 5) is 70.4. The molecule has 186 valence electrons. The molecule has 0 radical (unpaired) electrons. The van der Waals surface area contributed by atoms with Gasteiger partial charge in [0.15, 0.2) is 0 Å². The van der Waals surface area contributed by atoms with Crippen LogP contribution in [-0.4, -0.2) is 70.5 Å². The average molecular weight is 479 g/mol. The predicted molar refractivity (Wildman–Crippen MR) is 118 cm³/mol. The summed E-state index contributed by atoms with van der Waals surface area (Å²) in [5, 5.41) is 24.6. The molecule has 1 rings (SSSR count). The molecular weight excluding hydrogens is 450 g/mol. The van der Waals surface area contributed by atoms with Crippen molar-refractivity contribution in [2.75, 3.05) is 6.54 Å². The van der Waals surface area contributed by atoms with Gasteiger partial charge in [0.1, 0.15) is 18.6 Å². The number of amides is 4. The van der Waals surface area contributed by atoms with Crippen LogP contribution in [-0.2, 0) is 35.2 Å². The van der Waals surface area contributed by atoms with E-state index >= 15 is 0 Å². The fraction of sp³-hybridized carbons (Fsp3) is 0.429. The van der Waals surface area contributed by atoms with Crippen LogP contribution in [0.1, 0.15) is 31.2 Å². The molecule has 34 heavy (non-hydrogen) atoms. The van der Waals surface area contributed by atoms with Gasteiger partial charge in [-0.2, -0.15) is 0 Å². The lowest BCUT2D eigenvalue weighted by Crippen LogP contribution is -2.56. The number of carbonyl (C=O) groups excluding carboxylic acids is 4. The first-order valence-electron chi connectivity index (χ1n) is 10.4. The molecule has 0 spiro atoms. The molecule has 0 aliphatic rings. The molecule has 1 aromatic rings. The van der Waals surface area contributed by atoms with Gasteiger partial charge in [0, 0.05) is 19.3 Å². The van der Waals surface area contributed by atoms with E-state index in [1.54, 1.807) is 30.3 Å². The van der Waals surface area contributed by atoms with Crippen molar-refractivity contribution in [3.63, 3.8) is 0 Å². The molecule has 0 bridgehead atoms. The first kappa shape index (κ1) is 28.0. The molecule has 0 aliphatic heterocycles. The van der Waals surface area contributed by atoms with Crippen molar-refractivity contribution in [1.29, 1.82) is 0 Å². The number of primary amides is 1. The van der Waals surface area contributed by atoms with E-state index in [2.05, 4.69) is 16.0 Å². The van der Waals surface area contributed by atoms with E-state index in [1.165, 1.54) is 0 Å². The molecule has 0 saturated carbocycles. The molecule has 3 unspecified atom stereocenters. The van der Waals surface area contributed by atoms with Crippen molar-refractivity contribution in [1.82, 2.24) is 16.0 Å². The summed E-state index contributed by atoms with van der Waals surface area (Å²) in [6.45, 7) is -0.725. The van der Waals surface area contributed by atoms with E-state index in [4.69, 9.17) is 21.7 Å². The van der Waals surface area contributed by atoms with E-state index in [-0.39, 0.29) is 25.7 Å². The monoisotopic (exact) mass is 479 g/mol. The molecule has 3 atom stereocenters. The van der Waals surface area contributed by atoms with E-state index < -0.39 is 66.7 Å². The second-order valence-corrected chi connectivity index (χ2v) is 7.47. The summed E-state index contributed by atoms with van der Waals surface area (Å²) in [5.41, 5.74) is 11.5. The third-order valence-corrected chi connectivity index (χ3v) is 4.65. The van der Waals surface area contributed by atoms with E-state index in [1.807, 2.05) is 0 Å². The van der Waals surface area contributed by atoms with Gasteiger partial charge >= 0.3 is 11.9 Å². The lowest BCUT2D eigenvalue weighted by Gasteiger charge is -2.24. The van der Waals surface area contributed by atoms with Crippen molar-refractivity contribution in [2.45, 2.75) is 50.2 Å². The van der Waals surface area contributed by atoms with Crippen LogP contribution in [0.2, 0.25) is 0 Å². The molecule has 9 N–H and O–H groups in total. The van der Waals surface area contributed by atoms with Crippen molar-refractivity contribution < 1.29 is 39.0 Å². The highest BCUT2D eigenvalue weighted by Gasteiger charge is 2.29. The van der Waals surface area contributed by atoms with Gasteiger partial charge in [0.2, 0.25) is 23.6 Å². The Morgan fingerprint density at radius 3 is 1.97 bits per heavy atom. The van der Waals surface area contributed by atoms with Crippen LogP contribution in [0.5, 0.6) is 0 Å². The van der Waals surface area contributed by atoms with Gasteiger partial charge in [-0.15, -0.1) is 0 Å². The Kier molecular flexibility index (Phi) is 11.7. The second kappa shape index (κ2) is 14.2. The molecule has 1 aromatic carbocycles. The second-order valence-electron chi connectivity index (χ2n) is 7.47. The Hall–Kier alpha value is -4.00. The molecule has 13 heteroatoms. The van der Waals surface area contributed by atoms with Crippen LogP contribution < -0.4 is 27.4 Å². The number of carbonyl (C=O) groups is 6.